The number of likely N-dealkylation sites (N-methyl/N-ethyl adjacent to an activating group) is 1. The molecule has 1 rings (SSSR count). The Kier molecular flexibility index (Phi) is 7.75. The van der Waals surface area contributed by atoms with Gasteiger partial charge >= 0.3 is 0 Å². The second-order valence-corrected chi connectivity index (χ2v) is 6.26. The maximum Gasteiger partial charge on any atom is 0.275 e. The SMILES string of the molecule is CCC(CC)NC(=O)C[NH+](C)Cc1cc(Br)ccc1OC. The lowest BCUT2D eigenvalue weighted by Crippen LogP contribution is -3.09. The van der Waals surface area contributed by atoms with Gasteiger partial charge in [0, 0.05) is 16.1 Å². The number of benzene rings is 1. The molecule has 4 nitrogen and oxygen atoms in total. The predicted molar refractivity (Wildman–Crippen MR) is 88.7 cm³/mol. The Balaban J connectivity index is 2.59. The third kappa shape index (κ3) is 6.06. The Labute approximate surface area is 136 Å². The van der Waals surface area contributed by atoms with Crippen molar-refractivity contribution in [1.29, 1.82) is 0 Å². The van der Waals surface area contributed by atoms with Crippen LogP contribution in [-0.2, 0) is 11.3 Å². The summed E-state index contributed by atoms with van der Waals surface area (Å²) in [6, 6.07) is 6.22. The van der Waals surface area contributed by atoms with E-state index in [1.54, 1.807) is 7.11 Å². The van der Waals surface area contributed by atoms with Gasteiger partial charge < -0.3 is 15.0 Å². The average molecular weight is 358 g/mol. The van der Waals surface area contributed by atoms with E-state index in [1.165, 1.54) is 0 Å². The lowest BCUT2D eigenvalue weighted by atomic mass is 10.1. The summed E-state index contributed by atoms with van der Waals surface area (Å²) in [5.74, 6) is 0.966. The highest BCUT2D eigenvalue weighted by Gasteiger charge is 2.15. The highest BCUT2D eigenvalue weighted by molar-refractivity contribution is 9.10. The Morgan fingerprint density at radius 3 is 2.62 bits per heavy atom. The van der Waals surface area contributed by atoms with Crippen LogP contribution in [0.2, 0.25) is 0 Å². The molecule has 0 fully saturated rings. The van der Waals surface area contributed by atoms with Crippen LogP contribution < -0.4 is 15.0 Å². The Bertz CT molecular complexity index is 462. The molecule has 1 atom stereocenters. The number of methoxy groups -OCH3 is 1. The largest absolute Gasteiger partial charge is 0.496 e. The summed E-state index contributed by atoms with van der Waals surface area (Å²) in [5, 5.41) is 3.07. The predicted octanol–water partition coefficient (Wildman–Crippen LogP) is 1.78. The van der Waals surface area contributed by atoms with Crippen LogP contribution in [0.4, 0.5) is 0 Å². The fourth-order valence-electron chi connectivity index (χ4n) is 2.32. The molecule has 0 aliphatic heterocycles. The average Bonchev–Trinajstić information content (AvgIpc) is 2.44. The molecule has 1 unspecified atom stereocenters. The van der Waals surface area contributed by atoms with Crippen LogP contribution in [0.5, 0.6) is 5.75 Å². The number of rotatable bonds is 8. The second-order valence-electron chi connectivity index (χ2n) is 5.35. The van der Waals surface area contributed by atoms with Gasteiger partial charge in [0.1, 0.15) is 12.3 Å². The van der Waals surface area contributed by atoms with E-state index < -0.39 is 0 Å². The molecule has 0 aliphatic rings. The molecule has 1 aromatic rings. The number of ether oxygens (including phenoxy) is 1. The number of halogens is 1. The number of hydrogen-bond donors (Lipinski definition) is 2. The van der Waals surface area contributed by atoms with Crippen molar-refractivity contribution < 1.29 is 14.4 Å². The van der Waals surface area contributed by atoms with E-state index >= 15 is 0 Å². The first kappa shape index (κ1) is 18.0. The zero-order valence-corrected chi connectivity index (χ0v) is 14.9. The summed E-state index contributed by atoms with van der Waals surface area (Å²) in [4.78, 5) is 13.2. The molecular formula is C16H26BrN2O2+. The van der Waals surface area contributed by atoms with Crippen molar-refractivity contribution >= 4 is 21.8 Å². The standard InChI is InChI=1S/C16H25BrN2O2/c1-5-14(6-2)18-16(20)11-19(3)10-12-9-13(17)7-8-15(12)21-4/h7-9,14H,5-6,10-11H2,1-4H3,(H,18,20)/p+1. The molecule has 21 heavy (non-hydrogen) atoms. The van der Waals surface area contributed by atoms with Crippen molar-refractivity contribution in [2.45, 2.75) is 39.3 Å². The van der Waals surface area contributed by atoms with Gasteiger partial charge in [-0.25, -0.2) is 0 Å². The summed E-state index contributed by atoms with van der Waals surface area (Å²) in [7, 11) is 3.69. The Morgan fingerprint density at radius 2 is 2.05 bits per heavy atom. The lowest BCUT2D eigenvalue weighted by Gasteiger charge is -2.18. The van der Waals surface area contributed by atoms with Crippen molar-refractivity contribution in [2.75, 3.05) is 20.7 Å². The summed E-state index contributed by atoms with van der Waals surface area (Å²) >= 11 is 3.47. The van der Waals surface area contributed by atoms with Crippen LogP contribution in [-0.4, -0.2) is 32.7 Å². The fraction of sp³-hybridized carbons (Fsp3) is 0.562. The molecule has 0 saturated heterocycles. The molecule has 0 spiro atoms. The van der Waals surface area contributed by atoms with Gasteiger partial charge in [0.25, 0.3) is 5.91 Å². The van der Waals surface area contributed by atoms with Crippen molar-refractivity contribution in [1.82, 2.24) is 5.32 Å². The first-order chi connectivity index (χ1) is 9.99. The van der Waals surface area contributed by atoms with Crippen molar-refractivity contribution in [3.8, 4) is 5.75 Å². The van der Waals surface area contributed by atoms with E-state index in [9.17, 15) is 4.79 Å². The molecule has 0 aromatic heterocycles. The highest BCUT2D eigenvalue weighted by atomic mass is 79.9. The minimum absolute atomic E-state index is 0.107. The fourth-order valence-corrected chi connectivity index (χ4v) is 2.73. The van der Waals surface area contributed by atoms with E-state index in [-0.39, 0.29) is 11.9 Å². The quantitative estimate of drug-likeness (QED) is 0.744. The minimum Gasteiger partial charge on any atom is -0.496 e. The number of nitrogens with one attached hydrogen (secondary N) is 2. The number of hydrogen-bond acceptors (Lipinski definition) is 2. The van der Waals surface area contributed by atoms with E-state index in [1.807, 2.05) is 25.2 Å². The molecule has 1 amide bonds. The van der Waals surface area contributed by atoms with Gasteiger partial charge in [0.2, 0.25) is 0 Å². The van der Waals surface area contributed by atoms with Gasteiger partial charge in [-0.2, -0.15) is 0 Å². The van der Waals surface area contributed by atoms with Gasteiger partial charge in [-0.05, 0) is 31.0 Å². The van der Waals surface area contributed by atoms with Crippen LogP contribution in [0.25, 0.3) is 0 Å². The Hall–Kier alpha value is -1.07. The van der Waals surface area contributed by atoms with Crippen molar-refractivity contribution in [3.05, 3.63) is 28.2 Å². The summed E-state index contributed by atoms with van der Waals surface area (Å²) < 4.78 is 6.39. The van der Waals surface area contributed by atoms with Gasteiger partial charge in [-0.1, -0.05) is 29.8 Å². The molecule has 118 valence electrons. The molecule has 0 bridgehead atoms. The molecule has 5 heteroatoms. The van der Waals surface area contributed by atoms with E-state index in [0.29, 0.717) is 6.54 Å². The van der Waals surface area contributed by atoms with Crippen LogP contribution in [0.1, 0.15) is 32.3 Å². The van der Waals surface area contributed by atoms with Gasteiger partial charge in [0.15, 0.2) is 6.54 Å². The van der Waals surface area contributed by atoms with Gasteiger partial charge in [-0.15, -0.1) is 0 Å². The molecule has 0 heterocycles. The third-order valence-corrected chi connectivity index (χ3v) is 4.04. The molecule has 1 aromatic carbocycles. The lowest BCUT2D eigenvalue weighted by molar-refractivity contribution is -0.885. The molecule has 0 radical (unpaired) electrons. The minimum atomic E-state index is 0.107. The molecule has 2 N–H and O–H groups in total. The zero-order chi connectivity index (χ0) is 15.8. The van der Waals surface area contributed by atoms with Gasteiger partial charge in [-0.3, -0.25) is 4.79 Å². The van der Waals surface area contributed by atoms with Crippen LogP contribution in [0.15, 0.2) is 22.7 Å². The maximum atomic E-state index is 12.0. The van der Waals surface area contributed by atoms with Gasteiger partial charge in [0.05, 0.1) is 14.2 Å². The molecule has 0 saturated carbocycles. The van der Waals surface area contributed by atoms with Crippen LogP contribution >= 0.6 is 15.9 Å². The van der Waals surface area contributed by atoms with E-state index in [4.69, 9.17) is 4.74 Å². The van der Waals surface area contributed by atoms with Crippen LogP contribution in [0.3, 0.4) is 0 Å². The molecule has 0 aliphatic carbocycles. The first-order valence-electron chi connectivity index (χ1n) is 7.43. The second kappa shape index (κ2) is 9.05. The monoisotopic (exact) mass is 357 g/mol. The summed E-state index contributed by atoms with van der Waals surface area (Å²) in [5.41, 5.74) is 1.10. The topological polar surface area (TPSA) is 42.8 Å². The number of carbonyl (C=O) groups excluding carboxylic acids is 1. The summed E-state index contributed by atoms with van der Waals surface area (Å²) in [6.45, 7) is 5.40. The first-order valence-corrected chi connectivity index (χ1v) is 8.22. The van der Waals surface area contributed by atoms with E-state index in [2.05, 4.69) is 35.1 Å². The van der Waals surface area contributed by atoms with E-state index in [0.717, 1.165) is 40.1 Å². The van der Waals surface area contributed by atoms with Crippen molar-refractivity contribution in [3.63, 3.8) is 0 Å². The van der Waals surface area contributed by atoms with Crippen molar-refractivity contribution in [2.24, 2.45) is 0 Å². The molecular weight excluding hydrogens is 332 g/mol. The number of amides is 1. The smallest absolute Gasteiger partial charge is 0.275 e. The highest BCUT2D eigenvalue weighted by Crippen LogP contribution is 2.21. The Morgan fingerprint density at radius 1 is 1.38 bits per heavy atom. The number of quaternary nitrogens is 1. The van der Waals surface area contributed by atoms with Crippen LogP contribution in [0, 0.1) is 0 Å². The maximum absolute atomic E-state index is 12.0. The normalized spacial score (nSPS) is 12.3. The number of carbonyl (C=O) groups is 1. The third-order valence-electron chi connectivity index (χ3n) is 3.55. The summed E-state index contributed by atoms with van der Waals surface area (Å²) in [6.07, 6.45) is 1.95. The zero-order valence-electron chi connectivity index (χ0n) is 13.3.